The summed E-state index contributed by atoms with van der Waals surface area (Å²) in [4.78, 5) is 27.3. The second-order valence-corrected chi connectivity index (χ2v) is 5.14. The zero-order valence-electron chi connectivity index (χ0n) is 12.9. The summed E-state index contributed by atoms with van der Waals surface area (Å²) < 4.78 is 0. The van der Waals surface area contributed by atoms with Crippen LogP contribution in [0, 0.1) is 17.8 Å². The number of hydroxylamine groups is 1. The van der Waals surface area contributed by atoms with E-state index in [0.717, 1.165) is 0 Å². The molecule has 0 aromatic carbocycles. The van der Waals surface area contributed by atoms with Crippen LogP contribution in [0.3, 0.4) is 0 Å². The Balaban J connectivity index is 4.86. The highest BCUT2D eigenvalue weighted by atomic mass is 16.5. The zero-order valence-corrected chi connectivity index (χ0v) is 12.9. The van der Waals surface area contributed by atoms with Gasteiger partial charge >= 0.3 is 0 Å². The Kier molecular flexibility index (Phi) is 8.54. The lowest BCUT2D eigenvalue weighted by Gasteiger charge is -2.25. The van der Waals surface area contributed by atoms with E-state index in [1.165, 1.54) is 7.05 Å². The van der Waals surface area contributed by atoms with E-state index in [9.17, 15) is 9.59 Å². The number of carbonyl (C=O) groups excluding carboxylic acids is 2. The molecule has 0 radical (unpaired) electrons. The fourth-order valence-electron chi connectivity index (χ4n) is 1.98. The normalized spacial score (nSPS) is 14.7. The van der Waals surface area contributed by atoms with Crippen molar-refractivity contribution in [3.05, 3.63) is 0 Å². The van der Waals surface area contributed by atoms with Crippen LogP contribution in [0.2, 0.25) is 0 Å². The maximum absolute atomic E-state index is 12.2. The van der Waals surface area contributed by atoms with E-state index in [0.29, 0.717) is 18.2 Å². The first kappa shape index (κ1) is 18.4. The first-order valence-electron chi connectivity index (χ1n) is 6.72. The van der Waals surface area contributed by atoms with E-state index in [1.54, 1.807) is 7.05 Å². The van der Waals surface area contributed by atoms with Gasteiger partial charge in [0.1, 0.15) is 5.84 Å². The third kappa shape index (κ3) is 6.01. The molecular formula is C13H26N4O3. The van der Waals surface area contributed by atoms with Gasteiger partial charge in [0, 0.05) is 25.9 Å². The Morgan fingerprint density at radius 1 is 1.25 bits per heavy atom. The molecule has 4 N–H and O–H groups in total. The van der Waals surface area contributed by atoms with Gasteiger partial charge < -0.3 is 10.6 Å². The first-order chi connectivity index (χ1) is 9.37. The molecule has 0 aliphatic carbocycles. The van der Waals surface area contributed by atoms with Crippen LogP contribution in [0.4, 0.5) is 0 Å². The van der Waals surface area contributed by atoms with Crippen LogP contribution in [0.25, 0.3) is 0 Å². The molecule has 7 nitrogen and oxygen atoms in total. The zero-order chi connectivity index (χ0) is 15.7. The minimum Gasteiger partial charge on any atom is -0.358 e. The lowest BCUT2D eigenvalue weighted by Crippen LogP contribution is -2.43. The second kappa shape index (κ2) is 9.30. The average Bonchev–Trinajstić information content (AvgIpc) is 2.42. The van der Waals surface area contributed by atoms with Gasteiger partial charge in [0.25, 0.3) is 0 Å². The Morgan fingerprint density at radius 2 is 1.85 bits per heavy atom. The van der Waals surface area contributed by atoms with Gasteiger partial charge in [0.05, 0.1) is 6.54 Å². The molecule has 0 aromatic rings. The van der Waals surface area contributed by atoms with Crippen LogP contribution in [0.1, 0.15) is 27.2 Å². The van der Waals surface area contributed by atoms with Crippen molar-refractivity contribution in [2.24, 2.45) is 22.7 Å². The maximum atomic E-state index is 12.2. The Bertz CT molecular complexity index is 356. The molecule has 116 valence electrons. The van der Waals surface area contributed by atoms with Crippen molar-refractivity contribution in [2.45, 2.75) is 27.2 Å². The van der Waals surface area contributed by atoms with Gasteiger partial charge in [-0.15, -0.1) is 0 Å². The van der Waals surface area contributed by atoms with Crippen LogP contribution in [0.15, 0.2) is 4.99 Å². The van der Waals surface area contributed by atoms with Crippen molar-refractivity contribution in [3.63, 3.8) is 0 Å². The summed E-state index contributed by atoms with van der Waals surface area (Å²) in [5, 5.41) is 14.1. The smallest absolute Gasteiger partial charge is 0.239 e. The number of rotatable bonds is 7. The Hall–Kier alpha value is -1.63. The van der Waals surface area contributed by atoms with Gasteiger partial charge in [-0.1, -0.05) is 20.8 Å². The van der Waals surface area contributed by atoms with Gasteiger partial charge in [-0.05, 0) is 12.3 Å². The van der Waals surface area contributed by atoms with Crippen LogP contribution >= 0.6 is 0 Å². The minimum absolute atomic E-state index is 0.0538. The van der Waals surface area contributed by atoms with Gasteiger partial charge in [0.15, 0.2) is 0 Å². The molecule has 0 bridgehead atoms. The molecular weight excluding hydrogens is 260 g/mol. The molecule has 2 atom stereocenters. The number of hydrogen-bond acceptors (Lipinski definition) is 4. The average molecular weight is 286 g/mol. The van der Waals surface area contributed by atoms with E-state index in [2.05, 4.69) is 15.6 Å². The summed E-state index contributed by atoms with van der Waals surface area (Å²) >= 11 is 0. The van der Waals surface area contributed by atoms with E-state index in [-0.39, 0.29) is 30.2 Å². The number of carbonyl (C=O) groups is 2. The summed E-state index contributed by atoms with van der Waals surface area (Å²) in [7, 11) is 3.06. The quantitative estimate of drug-likeness (QED) is 0.304. The van der Waals surface area contributed by atoms with Crippen molar-refractivity contribution in [3.8, 4) is 0 Å². The van der Waals surface area contributed by atoms with Crippen LogP contribution in [-0.2, 0) is 9.59 Å². The third-order valence-electron chi connectivity index (χ3n) is 3.15. The molecule has 0 aliphatic heterocycles. The maximum Gasteiger partial charge on any atom is 0.239 e. The fourth-order valence-corrected chi connectivity index (χ4v) is 1.98. The van der Waals surface area contributed by atoms with Crippen molar-refractivity contribution < 1.29 is 14.8 Å². The van der Waals surface area contributed by atoms with Crippen molar-refractivity contribution in [2.75, 3.05) is 20.6 Å². The third-order valence-corrected chi connectivity index (χ3v) is 3.15. The highest BCUT2D eigenvalue weighted by Gasteiger charge is 2.29. The number of hydrogen-bond donors (Lipinski definition) is 4. The standard InChI is InChI=1S/C13H26N4O3/c1-8(2)6-10(9(3)12(15-5)17-20)13(19)16-7-11(18)14-4/h8-10,20H,6-7H2,1-5H3,(H,14,18)(H,15,17)(H,16,19)/t9-,10-/m1/s1. The molecule has 0 fully saturated rings. The van der Waals surface area contributed by atoms with Crippen LogP contribution in [0.5, 0.6) is 0 Å². The monoisotopic (exact) mass is 286 g/mol. The molecule has 0 saturated carbocycles. The molecule has 0 aliphatic rings. The number of likely N-dealkylation sites (N-methyl/N-ethyl adjacent to an activating group) is 1. The highest BCUT2D eigenvalue weighted by Crippen LogP contribution is 2.21. The first-order valence-corrected chi connectivity index (χ1v) is 6.72. The Labute approximate surface area is 120 Å². The van der Waals surface area contributed by atoms with E-state index < -0.39 is 0 Å². The largest absolute Gasteiger partial charge is 0.358 e. The SMILES string of the molecule is CN=C(NO)[C@H](C)[C@@H](CC(C)C)C(=O)NCC(=O)NC. The predicted molar refractivity (Wildman–Crippen MR) is 77.5 cm³/mol. The second-order valence-electron chi connectivity index (χ2n) is 5.14. The fraction of sp³-hybridized carbons (Fsp3) is 0.769. The summed E-state index contributed by atoms with van der Waals surface area (Å²) in [6.45, 7) is 5.79. The number of nitrogens with zero attached hydrogens (tertiary/aromatic N) is 1. The topological polar surface area (TPSA) is 103 Å². The van der Waals surface area contributed by atoms with Gasteiger partial charge in [-0.3, -0.25) is 25.3 Å². The van der Waals surface area contributed by atoms with Gasteiger partial charge in [0.2, 0.25) is 11.8 Å². The summed E-state index contributed by atoms with van der Waals surface area (Å²) in [6, 6.07) is 0. The van der Waals surface area contributed by atoms with Crippen molar-refractivity contribution in [1.29, 1.82) is 0 Å². The molecule has 2 amide bonds. The Morgan fingerprint density at radius 3 is 2.25 bits per heavy atom. The summed E-state index contributed by atoms with van der Waals surface area (Å²) in [6.07, 6.45) is 0.640. The number of amidine groups is 1. The van der Waals surface area contributed by atoms with Gasteiger partial charge in [-0.2, -0.15) is 0 Å². The molecule has 20 heavy (non-hydrogen) atoms. The number of amides is 2. The molecule has 7 heteroatoms. The van der Waals surface area contributed by atoms with E-state index in [1.807, 2.05) is 26.3 Å². The minimum atomic E-state index is -0.363. The van der Waals surface area contributed by atoms with E-state index >= 15 is 0 Å². The van der Waals surface area contributed by atoms with Crippen LogP contribution in [-0.4, -0.2) is 43.5 Å². The summed E-state index contributed by atoms with van der Waals surface area (Å²) in [5.74, 6) is -0.434. The van der Waals surface area contributed by atoms with Crippen molar-refractivity contribution >= 4 is 17.6 Å². The summed E-state index contributed by atoms with van der Waals surface area (Å²) in [5.41, 5.74) is 2.03. The van der Waals surface area contributed by atoms with Crippen molar-refractivity contribution in [1.82, 2.24) is 16.1 Å². The van der Waals surface area contributed by atoms with E-state index in [4.69, 9.17) is 5.21 Å². The number of aliphatic imine (C=N–C) groups is 1. The molecule has 0 unspecified atom stereocenters. The lowest BCUT2D eigenvalue weighted by molar-refractivity contribution is -0.129. The lowest BCUT2D eigenvalue weighted by atomic mass is 9.85. The molecule has 0 heterocycles. The molecule has 0 saturated heterocycles. The van der Waals surface area contributed by atoms with Crippen LogP contribution < -0.4 is 16.1 Å². The predicted octanol–water partition coefficient (Wildman–Crippen LogP) is 0.154. The number of nitrogens with one attached hydrogen (secondary N) is 3. The molecule has 0 aromatic heterocycles. The van der Waals surface area contributed by atoms with Gasteiger partial charge in [-0.25, -0.2) is 0 Å². The molecule has 0 rings (SSSR count). The highest BCUT2D eigenvalue weighted by molar-refractivity contribution is 5.91. The molecule has 0 spiro atoms.